The average molecular weight is 310 g/mol. The molecule has 0 spiro atoms. The molecule has 2 N–H and O–H groups in total. The summed E-state index contributed by atoms with van der Waals surface area (Å²) in [6, 6.07) is -0.164. The van der Waals surface area contributed by atoms with Crippen LogP contribution in [0, 0.1) is 5.92 Å². The minimum Gasteiger partial charge on any atom is -0.444 e. The molecular weight excluding hydrogens is 282 g/mol. The van der Waals surface area contributed by atoms with Crippen molar-refractivity contribution in [2.24, 2.45) is 5.92 Å². The van der Waals surface area contributed by atoms with Gasteiger partial charge >= 0.3 is 6.09 Å². The van der Waals surface area contributed by atoms with E-state index in [1.165, 1.54) is 7.11 Å². The van der Waals surface area contributed by atoms with Gasteiger partial charge in [-0.3, -0.25) is 0 Å². The molecule has 1 amide bonds. The number of carbonyl (C=O) groups excluding carboxylic acids is 1. The van der Waals surface area contributed by atoms with Crippen molar-refractivity contribution in [1.29, 1.82) is 0 Å². The highest BCUT2D eigenvalue weighted by molar-refractivity contribution is 5.67. The van der Waals surface area contributed by atoms with Gasteiger partial charge in [-0.2, -0.15) is 0 Å². The summed E-state index contributed by atoms with van der Waals surface area (Å²) >= 11 is 0. The molecule has 0 aliphatic rings. The lowest BCUT2D eigenvalue weighted by molar-refractivity contribution is -0.00928. The van der Waals surface area contributed by atoms with Crippen LogP contribution in [-0.2, 0) is 9.47 Å². The Morgan fingerprint density at radius 1 is 1.19 bits per heavy atom. The van der Waals surface area contributed by atoms with Gasteiger partial charge in [-0.25, -0.2) is 13.6 Å². The zero-order valence-electron chi connectivity index (χ0n) is 13.8. The van der Waals surface area contributed by atoms with Gasteiger partial charge in [0.25, 0.3) is 5.92 Å². The van der Waals surface area contributed by atoms with Crippen molar-refractivity contribution < 1.29 is 23.0 Å². The first-order valence-electron chi connectivity index (χ1n) is 7.04. The van der Waals surface area contributed by atoms with E-state index in [0.717, 1.165) is 0 Å². The predicted molar refractivity (Wildman–Crippen MR) is 77.7 cm³/mol. The number of rotatable bonds is 8. The lowest BCUT2D eigenvalue weighted by Gasteiger charge is -2.26. The van der Waals surface area contributed by atoms with E-state index in [1.807, 2.05) is 13.8 Å². The van der Waals surface area contributed by atoms with Gasteiger partial charge in [0.05, 0.1) is 19.7 Å². The third kappa shape index (κ3) is 10.4. The largest absolute Gasteiger partial charge is 0.444 e. The van der Waals surface area contributed by atoms with Crippen molar-refractivity contribution in [3.05, 3.63) is 0 Å². The Kier molecular flexibility index (Phi) is 8.10. The fourth-order valence-corrected chi connectivity index (χ4v) is 1.53. The molecule has 0 aliphatic heterocycles. The average Bonchev–Trinajstić information content (AvgIpc) is 2.29. The molecule has 0 aliphatic carbocycles. The van der Waals surface area contributed by atoms with Gasteiger partial charge in [0.1, 0.15) is 5.60 Å². The molecule has 0 aromatic carbocycles. The van der Waals surface area contributed by atoms with Gasteiger partial charge in [0.2, 0.25) is 0 Å². The van der Waals surface area contributed by atoms with Gasteiger partial charge in [0, 0.05) is 13.2 Å². The van der Waals surface area contributed by atoms with Crippen molar-refractivity contribution >= 4 is 6.09 Å². The van der Waals surface area contributed by atoms with E-state index in [4.69, 9.17) is 9.47 Å². The maximum Gasteiger partial charge on any atom is 0.407 e. The quantitative estimate of drug-likeness (QED) is 0.723. The van der Waals surface area contributed by atoms with Crippen LogP contribution in [0.25, 0.3) is 0 Å². The Hall–Kier alpha value is -0.950. The third-order valence-electron chi connectivity index (χ3n) is 2.66. The summed E-state index contributed by atoms with van der Waals surface area (Å²) in [7, 11) is 1.53. The molecule has 126 valence electrons. The van der Waals surface area contributed by atoms with Gasteiger partial charge in [-0.15, -0.1) is 0 Å². The van der Waals surface area contributed by atoms with E-state index in [0.29, 0.717) is 6.61 Å². The van der Waals surface area contributed by atoms with E-state index >= 15 is 0 Å². The number of carbonyl (C=O) groups is 1. The lowest BCUT2D eigenvalue weighted by atomic mass is 10.1. The minimum atomic E-state index is -3.06. The van der Waals surface area contributed by atoms with Crippen molar-refractivity contribution in [3.8, 4) is 0 Å². The molecule has 0 fully saturated rings. The summed E-state index contributed by atoms with van der Waals surface area (Å²) in [6.45, 7) is 7.91. The topological polar surface area (TPSA) is 59.6 Å². The molecule has 0 saturated heterocycles. The van der Waals surface area contributed by atoms with E-state index in [2.05, 4.69) is 10.6 Å². The molecule has 0 aromatic heterocycles. The summed E-state index contributed by atoms with van der Waals surface area (Å²) < 4.78 is 37.3. The zero-order chi connectivity index (χ0) is 16.7. The van der Waals surface area contributed by atoms with Crippen LogP contribution < -0.4 is 10.6 Å². The molecule has 0 rings (SSSR count). The second kappa shape index (κ2) is 8.48. The van der Waals surface area contributed by atoms with Crippen molar-refractivity contribution in [2.75, 3.05) is 26.8 Å². The summed E-state index contributed by atoms with van der Waals surface area (Å²) in [5.74, 6) is -2.89. The molecule has 5 nitrogen and oxygen atoms in total. The summed E-state index contributed by atoms with van der Waals surface area (Å²) in [5, 5.41) is 4.85. The lowest BCUT2D eigenvalue weighted by Crippen LogP contribution is -2.49. The molecule has 7 heteroatoms. The highest BCUT2D eigenvalue weighted by Gasteiger charge is 2.31. The Labute approximate surface area is 125 Å². The number of amides is 1. The van der Waals surface area contributed by atoms with Crippen LogP contribution in [0.3, 0.4) is 0 Å². The molecular formula is C14H28F2N2O3. The first-order valence-corrected chi connectivity index (χ1v) is 7.04. The second-order valence-corrected chi connectivity index (χ2v) is 6.40. The first-order chi connectivity index (χ1) is 9.47. The second-order valence-electron chi connectivity index (χ2n) is 6.40. The summed E-state index contributed by atoms with van der Waals surface area (Å²) in [4.78, 5) is 11.3. The van der Waals surface area contributed by atoms with Crippen molar-refractivity contribution in [1.82, 2.24) is 10.6 Å². The van der Waals surface area contributed by atoms with E-state index in [-0.39, 0.29) is 12.0 Å². The molecule has 0 bridgehead atoms. The molecule has 0 radical (unpaired) electrons. The normalized spacial score (nSPS) is 14.1. The first kappa shape index (κ1) is 20.1. The van der Waals surface area contributed by atoms with Crippen LogP contribution in [0.15, 0.2) is 0 Å². The highest BCUT2D eigenvalue weighted by atomic mass is 19.3. The molecule has 0 aromatic rings. The van der Waals surface area contributed by atoms with Gasteiger partial charge < -0.3 is 20.1 Å². The van der Waals surface area contributed by atoms with Crippen LogP contribution >= 0.6 is 0 Å². The number of nitrogens with one attached hydrogen (secondary N) is 2. The number of ether oxygens (including phenoxy) is 2. The molecule has 0 heterocycles. The number of hydrogen-bond donors (Lipinski definition) is 2. The van der Waals surface area contributed by atoms with E-state index in [9.17, 15) is 13.6 Å². The summed E-state index contributed by atoms with van der Waals surface area (Å²) in [5.41, 5.74) is -0.710. The highest BCUT2D eigenvalue weighted by Crippen LogP contribution is 2.13. The number of alkyl carbamates (subject to hydrolysis) is 1. The van der Waals surface area contributed by atoms with E-state index < -0.39 is 30.7 Å². The standard InChI is InChI=1S/C14H28F2N2O3/c1-10(2)11(7-20-6)17-8-14(15,16)9-18-12(19)21-13(3,4)5/h10-11,17H,7-9H2,1-6H3,(H,18,19). The third-order valence-corrected chi connectivity index (χ3v) is 2.66. The smallest absolute Gasteiger partial charge is 0.407 e. The molecule has 21 heavy (non-hydrogen) atoms. The van der Waals surface area contributed by atoms with Gasteiger partial charge in [-0.1, -0.05) is 13.8 Å². The van der Waals surface area contributed by atoms with Crippen LogP contribution in [0.5, 0.6) is 0 Å². The van der Waals surface area contributed by atoms with Crippen molar-refractivity contribution in [3.63, 3.8) is 0 Å². The zero-order valence-corrected chi connectivity index (χ0v) is 13.8. The maximum absolute atomic E-state index is 13.7. The molecule has 0 saturated carbocycles. The maximum atomic E-state index is 13.7. The Bertz CT molecular complexity index is 318. The minimum absolute atomic E-state index is 0.164. The van der Waals surface area contributed by atoms with Crippen LogP contribution in [0.4, 0.5) is 13.6 Å². The number of hydrogen-bond acceptors (Lipinski definition) is 4. The fraction of sp³-hybridized carbons (Fsp3) is 0.929. The van der Waals surface area contributed by atoms with Crippen LogP contribution in [0.1, 0.15) is 34.6 Å². The number of alkyl halides is 2. The Morgan fingerprint density at radius 3 is 2.19 bits per heavy atom. The summed E-state index contributed by atoms with van der Waals surface area (Å²) in [6.07, 6.45) is -0.848. The molecule has 1 atom stereocenters. The van der Waals surface area contributed by atoms with Crippen molar-refractivity contribution in [2.45, 2.75) is 52.2 Å². The predicted octanol–water partition coefficient (Wildman–Crippen LogP) is 2.41. The number of halogens is 2. The SMILES string of the molecule is COCC(NCC(F)(F)CNC(=O)OC(C)(C)C)C(C)C. The monoisotopic (exact) mass is 310 g/mol. The molecule has 1 unspecified atom stereocenters. The van der Waals surface area contributed by atoms with Crippen LogP contribution in [-0.4, -0.2) is 50.5 Å². The van der Waals surface area contributed by atoms with Gasteiger partial charge in [-0.05, 0) is 26.7 Å². The van der Waals surface area contributed by atoms with Crippen LogP contribution in [0.2, 0.25) is 0 Å². The number of methoxy groups -OCH3 is 1. The fourth-order valence-electron chi connectivity index (χ4n) is 1.53. The van der Waals surface area contributed by atoms with Gasteiger partial charge in [0.15, 0.2) is 0 Å². The van der Waals surface area contributed by atoms with E-state index in [1.54, 1.807) is 20.8 Å². The Morgan fingerprint density at radius 2 is 1.76 bits per heavy atom. The Balaban J connectivity index is 4.21.